The van der Waals surface area contributed by atoms with E-state index in [0.717, 1.165) is 27.3 Å². The minimum Gasteiger partial charge on any atom is -0.340 e. The molecule has 43 heavy (non-hydrogen) atoms. The third kappa shape index (κ3) is 4.94. The van der Waals surface area contributed by atoms with Crippen molar-refractivity contribution in [2.75, 3.05) is 11.9 Å². The third-order valence-corrected chi connectivity index (χ3v) is 9.87. The van der Waals surface area contributed by atoms with Gasteiger partial charge in [-0.3, -0.25) is 14.4 Å². The predicted molar refractivity (Wildman–Crippen MR) is 143 cm³/mol. The standard InChI is InChI=1S/C29H24F6N4O3S/c1-13-15(22-17(30)4-5-18(31)23(22)32)10-19(26(41)39(13)12-29(33,34)35)37-25(40)21-9-14-11-28(7-6-20(14)43-21)16-3-2-8-36-24(16)38-27(28)42/h2-5,8-9,13,15,19H,6-7,10-12H2,1H3,(H,37,40)(H,36,38,42). The van der Waals surface area contributed by atoms with Crippen molar-refractivity contribution in [3.63, 3.8) is 0 Å². The van der Waals surface area contributed by atoms with Gasteiger partial charge in [0, 0.05) is 34.2 Å². The van der Waals surface area contributed by atoms with Crippen molar-refractivity contribution in [2.45, 2.75) is 62.2 Å². The molecule has 0 radical (unpaired) electrons. The Bertz CT molecular complexity index is 1660. The van der Waals surface area contributed by atoms with Gasteiger partial charge in [0.05, 0.1) is 10.3 Å². The zero-order valence-corrected chi connectivity index (χ0v) is 23.3. The van der Waals surface area contributed by atoms with Crippen LogP contribution in [-0.4, -0.2) is 52.4 Å². The van der Waals surface area contributed by atoms with Crippen molar-refractivity contribution in [1.82, 2.24) is 15.2 Å². The highest BCUT2D eigenvalue weighted by Gasteiger charge is 2.50. The number of nitrogens with zero attached hydrogens (tertiary/aromatic N) is 2. The van der Waals surface area contributed by atoms with Gasteiger partial charge in [-0.1, -0.05) is 6.07 Å². The molecule has 4 heterocycles. The summed E-state index contributed by atoms with van der Waals surface area (Å²) in [4.78, 5) is 45.2. The number of hydrogen-bond donors (Lipinski definition) is 2. The molecule has 0 bridgehead atoms. The second-order valence-corrected chi connectivity index (χ2v) is 12.3. The van der Waals surface area contributed by atoms with Crippen molar-refractivity contribution in [3.8, 4) is 0 Å². The summed E-state index contributed by atoms with van der Waals surface area (Å²) in [6.45, 7) is -0.520. The first-order valence-corrected chi connectivity index (χ1v) is 14.3. The average Bonchev–Trinajstić information content (AvgIpc) is 3.49. The summed E-state index contributed by atoms with van der Waals surface area (Å²) in [6, 6.07) is 3.46. The van der Waals surface area contributed by atoms with Gasteiger partial charge in [-0.2, -0.15) is 13.2 Å². The van der Waals surface area contributed by atoms with Crippen LogP contribution in [0.15, 0.2) is 36.5 Å². The fourth-order valence-electron chi connectivity index (χ4n) is 6.52. The SMILES string of the molecule is CC1C(c2c(F)ccc(F)c2F)CC(NC(=O)c2cc3c(s2)CCC2(C3)C(=O)Nc3ncccc32)C(=O)N1CC(F)(F)F. The Hall–Kier alpha value is -3.94. The Morgan fingerprint density at radius 3 is 2.67 bits per heavy atom. The highest BCUT2D eigenvalue weighted by atomic mass is 32.1. The number of likely N-dealkylation sites (tertiary alicyclic amines) is 1. The molecule has 3 aromatic rings. The van der Waals surface area contributed by atoms with Gasteiger partial charge in [0.2, 0.25) is 11.8 Å². The smallest absolute Gasteiger partial charge is 0.340 e. The molecule has 0 saturated carbocycles. The lowest BCUT2D eigenvalue weighted by atomic mass is 9.70. The predicted octanol–water partition coefficient (Wildman–Crippen LogP) is 5.00. The number of nitrogens with one attached hydrogen (secondary N) is 2. The van der Waals surface area contributed by atoms with Gasteiger partial charge in [0.25, 0.3) is 5.91 Å². The van der Waals surface area contributed by atoms with Gasteiger partial charge in [-0.25, -0.2) is 18.2 Å². The lowest BCUT2D eigenvalue weighted by Crippen LogP contribution is -2.59. The van der Waals surface area contributed by atoms with E-state index in [4.69, 9.17) is 0 Å². The number of anilines is 1. The average molecular weight is 623 g/mol. The molecular weight excluding hydrogens is 598 g/mol. The second kappa shape index (κ2) is 10.4. The van der Waals surface area contributed by atoms with Crippen LogP contribution in [0, 0.1) is 17.5 Å². The molecule has 4 atom stereocenters. The van der Waals surface area contributed by atoms with Crippen LogP contribution < -0.4 is 10.6 Å². The summed E-state index contributed by atoms with van der Waals surface area (Å²) in [5.74, 6) is -7.04. The number of piperidine rings is 1. The van der Waals surface area contributed by atoms with E-state index in [1.165, 1.54) is 6.92 Å². The maximum atomic E-state index is 14.8. The fourth-order valence-corrected chi connectivity index (χ4v) is 7.61. The van der Waals surface area contributed by atoms with Gasteiger partial charge in [0.15, 0.2) is 11.6 Å². The Kier molecular flexibility index (Phi) is 7.02. The van der Waals surface area contributed by atoms with Crippen LogP contribution in [0.25, 0.3) is 0 Å². The molecular formula is C29H24F6N4O3S. The van der Waals surface area contributed by atoms with Crippen molar-refractivity contribution in [2.24, 2.45) is 0 Å². The van der Waals surface area contributed by atoms with Gasteiger partial charge in [-0.15, -0.1) is 11.3 Å². The second-order valence-electron chi connectivity index (χ2n) is 11.1. The minimum absolute atomic E-state index is 0.167. The van der Waals surface area contributed by atoms with Crippen LogP contribution in [0.3, 0.4) is 0 Å². The van der Waals surface area contributed by atoms with Crippen LogP contribution >= 0.6 is 11.3 Å². The van der Waals surface area contributed by atoms with Crippen molar-refractivity contribution in [3.05, 3.63) is 80.4 Å². The summed E-state index contributed by atoms with van der Waals surface area (Å²) >= 11 is 1.14. The summed E-state index contributed by atoms with van der Waals surface area (Å²) in [5.41, 5.74) is -0.131. The molecule has 2 N–H and O–H groups in total. The van der Waals surface area contributed by atoms with E-state index in [1.807, 2.05) is 6.07 Å². The maximum Gasteiger partial charge on any atom is 0.406 e. The van der Waals surface area contributed by atoms with Gasteiger partial charge in [-0.05, 0) is 62.4 Å². The monoisotopic (exact) mass is 622 g/mol. The van der Waals surface area contributed by atoms with E-state index in [2.05, 4.69) is 15.6 Å². The molecule has 1 aromatic carbocycles. The normalized spacial score (nSPS) is 25.0. The highest BCUT2D eigenvalue weighted by Crippen LogP contribution is 2.47. The van der Waals surface area contributed by atoms with Crippen LogP contribution in [0.4, 0.5) is 32.2 Å². The minimum atomic E-state index is -4.84. The van der Waals surface area contributed by atoms with Crippen molar-refractivity contribution < 1.29 is 40.7 Å². The Morgan fingerprint density at radius 2 is 1.93 bits per heavy atom. The summed E-state index contributed by atoms with van der Waals surface area (Å²) in [7, 11) is 0. The van der Waals surface area contributed by atoms with E-state index in [1.54, 1.807) is 18.3 Å². The fraction of sp³-hybridized carbons (Fsp3) is 0.379. The van der Waals surface area contributed by atoms with Gasteiger partial charge >= 0.3 is 6.18 Å². The molecule has 1 saturated heterocycles. The molecule has 1 spiro atoms. The molecule has 226 valence electrons. The number of amides is 3. The van der Waals surface area contributed by atoms with Crippen LogP contribution in [0.5, 0.6) is 0 Å². The number of aromatic nitrogens is 1. The summed E-state index contributed by atoms with van der Waals surface area (Å²) in [5, 5.41) is 5.26. The number of pyridine rings is 1. The van der Waals surface area contributed by atoms with E-state index in [9.17, 15) is 40.7 Å². The van der Waals surface area contributed by atoms with Gasteiger partial charge in [0.1, 0.15) is 24.2 Å². The van der Waals surface area contributed by atoms with E-state index in [-0.39, 0.29) is 10.8 Å². The number of fused-ring (bicyclic) bond motifs is 3. The quantitative estimate of drug-likeness (QED) is 0.317. The third-order valence-electron chi connectivity index (χ3n) is 8.63. The number of hydrogen-bond acceptors (Lipinski definition) is 5. The highest BCUT2D eigenvalue weighted by molar-refractivity contribution is 7.14. The Morgan fingerprint density at radius 1 is 1.19 bits per heavy atom. The van der Waals surface area contributed by atoms with Crippen molar-refractivity contribution in [1.29, 1.82) is 0 Å². The first-order valence-electron chi connectivity index (χ1n) is 13.5. The number of carbonyl (C=O) groups is 3. The summed E-state index contributed by atoms with van der Waals surface area (Å²) in [6.07, 6.45) is -2.46. The first kappa shape index (κ1) is 29.1. The van der Waals surface area contributed by atoms with Crippen LogP contribution in [0.2, 0.25) is 0 Å². The number of alkyl halides is 3. The largest absolute Gasteiger partial charge is 0.406 e. The lowest BCUT2D eigenvalue weighted by molar-refractivity contribution is -0.170. The molecule has 4 unspecified atom stereocenters. The van der Waals surface area contributed by atoms with Crippen LogP contribution in [-0.2, 0) is 27.8 Å². The topological polar surface area (TPSA) is 91.4 Å². The van der Waals surface area contributed by atoms with Crippen LogP contribution in [0.1, 0.15) is 56.9 Å². The first-order chi connectivity index (χ1) is 20.3. The molecule has 3 amide bonds. The number of thiophene rings is 1. The molecule has 7 nitrogen and oxygen atoms in total. The number of rotatable bonds is 4. The number of benzene rings is 1. The zero-order chi connectivity index (χ0) is 30.8. The molecule has 14 heteroatoms. The number of carbonyl (C=O) groups excluding carboxylic acids is 3. The molecule has 3 aliphatic rings. The molecule has 2 aliphatic heterocycles. The van der Waals surface area contributed by atoms with Gasteiger partial charge < -0.3 is 15.5 Å². The Balaban J connectivity index is 1.28. The number of aryl methyl sites for hydroxylation is 1. The molecule has 1 fully saturated rings. The Labute approximate surface area is 245 Å². The van der Waals surface area contributed by atoms with Crippen molar-refractivity contribution >= 4 is 34.9 Å². The molecule has 6 rings (SSSR count). The zero-order valence-electron chi connectivity index (χ0n) is 22.5. The van der Waals surface area contributed by atoms with E-state index in [0.29, 0.717) is 42.1 Å². The number of halogens is 6. The molecule has 2 aromatic heterocycles. The van der Waals surface area contributed by atoms with E-state index >= 15 is 0 Å². The summed E-state index contributed by atoms with van der Waals surface area (Å²) < 4.78 is 83.9. The van der Waals surface area contributed by atoms with E-state index < -0.39 is 77.4 Å². The molecule has 1 aliphatic carbocycles. The maximum absolute atomic E-state index is 14.8. The lowest BCUT2D eigenvalue weighted by Gasteiger charge is -2.43.